The van der Waals surface area contributed by atoms with E-state index in [1.165, 1.54) is 23.5 Å². The standard InChI is InChI=1S/C19H15FN4OS/c20-14-5-10(1-2-12(14)6-21)7-24-19(25)18-17(22)16-13(11-3-4-11)8-23-9-15(16)26-18/h1-2,5,8-9,11H,3-4,7,22H2,(H,24,25). The third kappa shape index (κ3) is 2.89. The number of carbonyl (C=O) groups is 1. The molecule has 3 N–H and O–H groups in total. The molecule has 2 aromatic heterocycles. The largest absolute Gasteiger partial charge is 0.397 e. The predicted octanol–water partition coefficient (Wildman–Crippen LogP) is 3.70. The Balaban J connectivity index is 1.57. The minimum absolute atomic E-state index is 0.0195. The van der Waals surface area contributed by atoms with E-state index in [9.17, 15) is 9.18 Å². The van der Waals surface area contributed by atoms with Gasteiger partial charge in [-0.2, -0.15) is 5.26 Å². The number of pyridine rings is 1. The number of nitrogen functional groups attached to an aromatic ring is 1. The van der Waals surface area contributed by atoms with Crippen molar-refractivity contribution in [2.45, 2.75) is 25.3 Å². The molecule has 7 heteroatoms. The number of anilines is 1. The summed E-state index contributed by atoms with van der Waals surface area (Å²) in [7, 11) is 0. The van der Waals surface area contributed by atoms with E-state index in [-0.39, 0.29) is 18.0 Å². The van der Waals surface area contributed by atoms with Crippen molar-refractivity contribution in [3.05, 3.63) is 58.0 Å². The van der Waals surface area contributed by atoms with Crippen molar-refractivity contribution in [3.63, 3.8) is 0 Å². The summed E-state index contributed by atoms with van der Waals surface area (Å²) in [4.78, 5) is 17.3. The molecule has 130 valence electrons. The lowest BCUT2D eigenvalue weighted by atomic mass is 10.1. The highest BCUT2D eigenvalue weighted by atomic mass is 32.1. The Kier molecular flexibility index (Phi) is 4.05. The fraction of sp³-hybridized carbons (Fsp3) is 0.211. The van der Waals surface area contributed by atoms with Crippen LogP contribution < -0.4 is 11.1 Å². The number of nitriles is 1. The zero-order valence-electron chi connectivity index (χ0n) is 13.8. The molecule has 0 radical (unpaired) electrons. The van der Waals surface area contributed by atoms with Crippen LogP contribution in [0.5, 0.6) is 0 Å². The average molecular weight is 366 g/mol. The number of halogens is 1. The van der Waals surface area contributed by atoms with Crippen LogP contribution in [0.4, 0.5) is 10.1 Å². The van der Waals surface area contributed by atoms with Crippen LogP contribution in [0.2, 0.25) is 0 Å². The van der Waals surface area contributed by atoms with Crippen molar-refractivity contribution in [2.75, 3.05) is 5.73 Å². The van der Waals surface area contributed by atoms with Gasteiger partial charge < -0.3 is 11.1 Å². The Hall–Kier alpha value is -2.98. The van der Waals surface area contributed by atoms with E-state index in [0.29, 0.717) is 22.0 Å². The van der Waals surface area contributed by atoms with Gasteiger partial charge >= 0.3 is 0 Å². The molecule has 1 amide bonds. The number of carbonyl (C=O) groups excluding carboxylic acids is 1. The highest BCUT2D eigenvalue weighted by Gasteiger charge is 2.28. The monoisotopic (exact) mass is 366 g/mol. The Morgan fingerprint density at radius 1 is 1.42 bits per heavy atom. The van der Waals surface area contributed by atoms with Crippen LogP contribution in [0, 0.1) is 17.1 Å². The first kappa shape index (κ1) is 16.5. The molecule has 4 rings (SSSR count). The highest BCUT2D eigenvalue weighted by Crippen LogP contribution is 2.46. The van der Waals surface area contributed by atoms with Gasteiger partial charge in [-0.25, -0.2) is 4.39 Å². The molecule has 0 unspecified atom stereocenters. The molecule has 3 aromatic rings. The quantitative estimate of drug-likeness (QED) is 0.736. The minimum atomic E-state index is -0.597. The topological polar surface area (TPSA) is 91.8 Å². The number of thiophene rings is 1. The molecule has 0 atom stereocenters. The van der Waals surface area contributed by atoms with Crippen molar-refractivity contribution >= 4 is 33.0 Å². The van der Waals surface area contributed by atoms with Crippen LogP contribution in [-0.2, 0) is 6.54 Å². The Morgan fingerprint density at radius 3 is 2.92 bits per heavy atom. The van der Waals surface area contributed by atoms with E-state index >= 15 is 0 Å². The zero-order chi connectivity index (χ0) is 18.3. The lowest BCUT2D eigenvalue weighted by Gasteiger charge is -2.06. The fourth-order valence-electron chi connectivity index (χ4n) is 3.00. The number of aromatic nitrogens is 1. The smallest absolute Gasteiger partial charge is 0.263 e. The first-order valence-corrected chi connectivity index (χ1v) is 9.02. The number of nitrogens with zero attached hydrogens (tertiary/aromatic N) is 2. The second-order valence-electron chi connectivity index (χ2n) is 6.33. The predicted molar refractivity (Wildman–Crippen MR) is 98.3 cm³/mol. The molecule has 26 heavy (non-hydrogen) atoms. The number of nitrogens with two attached hydrogens (primary N) is 1. The number of hydrogen-bond donors (Lipinski definition) is 2. The van der Waals surface area contributed by atoms with Crippen LogP contribution >= 0.6 is 11.3 Å². The van der Waals surface area contributed by atoms with Crippen LogP contribution in [0.3, 0.4) is 0 Å². The first-order chi connectivity index (χ1) is 12.6. The van der Waals surface area contributed by atoms with Crippen molar-refractivity contribution in [2.24, 2.45) is 0 Å². The molecule has 1 aliphatic rings. The highest BCUT2D eigenvalue weighted by molar-refractivity contribution is 7.21. The van der Waals surface area contributed by atoms with Gasteiger partial charge in [-0.3, -0.25) is 9.78 Å². The Labute approximate surface area is 153 Å². The van der Waals surface area contributed by atoms with Crippen LogP contribution in [0.15, 0.2) is 30.6 Å². The second-order valence-corrected chi connectivity index (χ2v) is 7.38. The maximum Gasteiger partial charge on any atom is 0.263 e. The van der Waals surface area contributed by atoms with Crippen molar-refractivity contribution in [1.29, 1.82) is 5.26 Å². The molecule has 1 fully saturated rings. The zero-order valence-corrected chi connectivity index (χ0v) is 14.6. The first-order valence-electron chi connectivity index (χ1n) is 8.21. The Bertz CT molecular complexity index is 1070. The maximum atomic E-state index is 13.7. The van der Waals surface area contributed by atoms with Gasteiger partial charge in [0.2, 0.25) is 0 Å². The average Bonchev–Trinajstić information content (AvgIpc) is 3.43. The maximum absolute atomic E-state index is 13.7. The van der Waals surface area contributed by atoms with Gasteiger partial charge in [-0.1, -0.05) is 6.07 Å². The van der Waals surface area contributed by atoms with E-state index in [2.05, 4.69) is 10.3 Å². The second kappa shape index (κ2) is 6.39. The lowest BCUT2D eigenvalue weighted by Crippen LogP contribution is -2.22. The van der Waals surface area contributed by atoms with Crippen LogP contribution in [-0.4, -0.2) is 10.9 Å². The van der Waals surface area contributed by atoms with Crippen LogP contribution in [0.1, 0.15) is 45.1 Å². The summed E-state index contributed by atoms with van der Waals surface area (Å²) in [6.45, 7) is 0.156. The fourth-order valence-corrected chi connectivity index (χ4v) is 4.04. The summed E-state index contributed by atoms with van der Waals surface area (Å²) in [5.41, 5.74) is 8.42. The van der Waals surface area contributed by atoms with Gasteiger partial charge in [0.25, 0.3) is 5.91 Å². The van der Waals surface area contributed by atoms with Gasteiger partial charge in [0.15, 0.2) is 0 Å². The minimum Gasteiger partial charge on any atom is -0.397 e. The number of benzene rings is 1. The summed E-state index contributed by atoms with van der Waals surface area (Å²) >= 11 is 1.32. The normalized spacial score (nSPS) is 13.5. The van der Waals surface area contributed by atoms with Gasteiger partial charge in [0.1, 0.15) is 16.8 Å². The van der Waals surface area contributed by atoms with Gasteiger partial charge in [-0.15, -0.1) is 11.3 Å². The molecule has 5 nitrogen and oxygen atoms in total. The molecule has 1 aromatic carbocycles. The molecule has 0 aliphatic heterocycles. The van der Waals surface area contributed by atoms with Gasteiger partial charge in [0, 0.05) is 24.3 Å². The SMILES string of the molecule is N#Cc1ccc(CNC(=O)c2sc3cncc(C4CC4)c3c2N)cc1F. The molecule has 0 bridgehead atoms. The number of rotatable bonds is 4. The molecule has 1 aliphatic carbocycles. The molecule has 0 spiro atoms. The van der Waals surface area contributed by atoms with Crippen molar-refractivity contribution in [1.82, 2.24) is 10.3 Å². The third-order valence-electron chi connectivity index (χ3n) is 4.50. The summed E-state index contributed by atoms with van der Waals surface area (Å²) in [6, 6.07) is 6.04. The summed E-state index contributed by atoms with van der Waals surface area (Å²) in [5, 5.41) is 12.5. The van der Waals surface area contributed by atoms with Crippen molar-refractivity contribution < 1.29 is 9.18 Å². The summed E-state index contributed by atoms with van der Waals surface area (Å²) in [5.74, 6) is -0.406. The molecular formula is C19H15FN4OS. The molecule has 0 saturated heterocycles. The Morgan fingerprint density at radius 2 is 2.23 bits per heavy atom. The van der Waals surface area contributed by atoms with Gasteiger partial charge in [-0.05, 0) is 42.0 Å². The van der Waals surface area contributed by atoms with Crippen molar-refractivity contribution in [3.8, 4) is 6.07 Å². The van der Waals surface area contributed by atoms with E-state index in [1.54, 1.807) is 18.3 Å². The lowest BCUT2D eigenvalue weighted by molar-refractivity contribution is 0.0956. The number of fused-ring (bicyclic) bond motifs is 1. The van der Waals surface area contributed by atoms with Crippen LogP contribution in [0.25, 0.3) is 10.1 Å². The molecule has 1 saturated carbocycles. The van der Waals surface area contributed by atoms with E-state index < -0.39 is 5.82 Å². The molecular weight excluding hydrogens is 351 g/mol. The summed E-state index contributed by atoms with van der Waals surface area (Å²) < 4.78 is 14.6. The number of hydrogen-bond acceptors (Lipinski definition) is 5. The molecule has 2 heterocycles. The third-order valence-corrected chi connectivity index (χ3v) is 5.64. The van der Waals surface area contributed by atoms with E-state index in [4.69, 9.17) is 11.0 Å². The van der Waals surface area contributed by atoms with E-state index in [1.807, 2.05) is 6.20 Å². The number of amides is 1. The summed E-state index contributed by atoms with van der Waals surface area (Å²) in [6.07, 6.45) is 5.82. The van der Waals surface area contributed by atoms with E-state index in [0.717, 1.165) is 28.5 Å². The number of nitrogens with one attached hydrogen (secondary N) is 1. The van der Waals surface area contributed by atoms with Gasteiger partial charge in [0.05, 0.1) is 16.0 Å².